The van der Waals surface area contributed by atoms with Gasteiger partial charge in [0.2, 0.25) is 0 Å². The molecule has 0 bridgehead atoms. The van der Waals surface area contributed by atoms with E-state index in [1.807, 2.05) is 0 Å². The number of aliphatic hydroxyl groups is 2. The molecule has 5 aliphatic rings. The van der Waals surface area contributed by atoms with E-state index in [0.29, 0.717) is 48.0 Å². The molecule has 206 valence electrons. The molecular weight excluding hydrogens is 450 g/mol. The number of hydrogen-bond donors (Lipinski definition) is 3. The largest absolute Gasteiger partial charge is 0.449 e. The van der Waals surface area contributed by atoms with Crippen LogP contribution in [0.4, 0.5) is 4.79 Å². The number of hydrogen-bond acceptors (Lipinski definition) is 4. The third kappa shape index (κ3) is 4.52. The fourth-order valence-corrected chi connectivity index (χ4v) is 10.7. The van der Waals surface area contributed by atoms with Crippen LogP contribution in [0.15, 0.2) is 0 Å². The molecule has 0 saturated heterocycles. The van der Waals surface area contributed by atoms with Gasteiger partial charge in [0, 0.05) is 6.04 Å². The number of rotatable bonds is 5. The summed E-state index contributed by atoms with van der Waals surface area (Å²) in [5.41, 5.74) is 0.454. The van der Waals surface area contributed by atoms with E-state index in [9.17, 15) is 15.0 Å². The van der Waals surface area contributed by atoms with Gasteiger partial charge in [0.1, 0.15) is 0 Å². The van der Waals surface area contributed by atoms with Crippen molar-refractivity contribution in [3.63, 3.8) is 0 Å². The van der Waals surface area contributed by atoms with Crippen molar-refractivity contribution in [2.45, 2.75) is 129 Å². The Balaban J connectivity index is 1.27. The maximum absolute atomic E-state index is 12.5. The Morgan fingerprint density at radius 2 is 1.64 bits per heavy atom. The molecule has 0 aromatic rings. The van der Waals surface area contributed by atoms with Crippen molar-refractivity contribution in [2.75, 3.05) is 6.61 Å². The molecule has 5 heteroatoms. The van der Waals surface area contributed by atoms with Gasteiger partial charge in [-0.1, -0.05) is 53.4 Å². The van der Waals surface area contributed by atoms with Gasteiger partial charge in [-0.3, -0.25) is 0 Å². The summed E-state index contributed by atoms with van der Waals surface area (Å²) in [4.78, 5) is 12.5. The van der Waals surface area contributed by atoms with E-state index in [2.05, 4.69) is 33.0 Å². The smallest absolute Gasteiger partial charge is 0.407 e. The third-order valence-electron chi connectivity index (χ3n) is 12.6. The lowest BCUT2D eigenvalue weighted by Gasteiger charge is -2.64. The van der Waals surface area contributed by atoms with Gasteiger partial charge in [-0.25, -0.2) is 4.79 Å². The van der Waals surface area contributed by atoms with Crippen molar-refractivity contribution in [1.29, 1.82) is 0 Å². The van der Waals surface area contributed by atoms with Crippen LogP contribution >= 0.6 is 0 Å². The van der Waals surface area contributed by atoms with Crippen LogP contribution < -0.4 is 5.32 Å². The van der Waals surface area contributed by atoms with E-state index in [1.54, 1.807) is 0 Å². The molecule has 1 amide bonds. The first-order valence-corrected chi connectivity index (χ1v) is 15.5. The van der Waals surface area contributed by atoms with Crippen molar-refractivity contribution >= 4 is 6.09 Å². The normalized spacial score (nSPS) is 47.8. The molecule has 5 rings (SSSR count). The second-order valence-electron chi connectivity index (χ2n) is 14.2. The molecule has 5 saturated carbocycles. The van der Waals surface area contributed by atoms with Gasteiger partial charge in [-0.2, -0.15) is 0 Å². The first-order chi connectivity index (χ1) is 17.2. The Hall–Kier alpha value is -0.810. The molecule has 0 aliphatic heterocycles. The number of carbonyl (C=O) groups excluding carboxylic acids is 1. The highest BCUT2D eigenvalue weighted by atomic mass is 16.5. The van der Waals surface area contributed by atoms with E-state index in [4.69, 9.17) is 4.74 Å². The lowest BCUT2D eigenvalue weighted by molar-refractivity contribution is -0.203. The summed E-state index contributed by atoms with van der Waals surface area (Å²) in [6.07, 6.45) is 13.9. The summed E-state index contributed by atoms with van der Waals surface area (Å²) in [7, 11) is 0. The van der Waals surface area contributed by atoms with Crippen molar-refractivity contribution in [3.8, 4) is 0 Å². The van der Waals surface area contributed by atoms with E-state index < -0.39 is 0 Å². The topological polar surface area (TPSA) is 78.8 Å². The van der Waals surface area contributed by atoms with Gasteiger partial charge >= 0.3 is 6.09 Å². The van der Waals surface area contributed by atoms with Gasteiger partial charge in [-0.05, 0) is 110 Å². The highest BCUT2D eigenvalue weighted by Gasteiger charge is 2.64. The Labute approximate surface area is 219 Å². The molecule has 0 heterocycles. The van der Waals surface area contributed by atoms with Crippen molar-refractivity contribution in [2.24, 2.45) is 52.3 Å². The molecule has 3 unspecified atom stereocenters. The molecule has 3 N–H and O–H groups in total. The molecule has 5 aliphatic carbocycles. The minimum Gasteiger partial charge on any atom is -0.449 e. The number of aliphatic hydroxyl groups excluding tert-OH is 2. The monoisotopic (exact) mass is 503 g/mol. The summed E-state index contributed by atoms with van der Waals surface area (Å²) in [5.74, 6) is 3.11. The molecule has 11 atom stereocenters. The van der Waals surface area contributed by atoms with Crippen molar-refractivity contribution in [3.05, 3.63) is 0 Å². The van der Waals surface area contributed by atoms with Crippen LogP contribution in [-0.4, -0.2) is 41.2 Å². The first kappa shape index (κ1) is 26.8. The lowest BCUT2D eigenvalue weighted by atomic mass is 9.41. The quantitative estimate of drug-likeness (QED) is 0.411. The summed E-state index contributed by atoms with van der Waals surface area (Å²) in [5, 5.41) is 25.5. The zero-order valence-corrected chi connectivity index (χ0v) is 23.4. The van der Waals surface area contributed by atoms with E-state index in [-0.39, 0.29) is 35.2 Å². The van der Waals surface area contributed by atoms with Gasteiger partial charge in [-0.15, -0.1) is 0 Å². The van der Waals surface area contributed by atoms with E-state index >= 15 is 0 Å². The molecule has 0 aromatic heterocycles. The number of carbonyl (C=O) groups is 1. The second kappa shape index (κ2) is 10.4. The van der Waals surface area contributed by atoms with Gasteiger partial charge < -0.3 is 20.3 Å². The average Bonchev–Trinajstić information content (AvgIpc) is 3.22. The van der Waals surface area contributed by atoms with Crippen LogP contribution in [0.25, 0.3) is 0 Å². The van der Waals surface area contributed by atoms with Crippen LogP contribution in [0.2, 0.25) is 0 Å². The second-order valence-corrected chi connectivity index (χ2v) is 14.2. The predicted octanol–water partition coefficient (Wildman–Crippen LogP) is 6.31. The number of nitrogens with one attached hydrogen (secondary N) is 1. The highest BCUT2D eigenvalue weighted by Crippen LogP contribution is 2.69. The third-order valence-corrected chi connectivity index (χ3v) is 12.6. The van der Waals surface area contributed by atoms with Gasteiger partial charge in [0.05, 0.1) is 18.8 Å². The lowest BCUT2D eigenvalue weighted by Crippen LogP contribution is -2.62. The predicted molar refractivity (Wildman–Crippen MR) is 142 cm³/mol. The molecular formula is C31H53NO4. The molecule has 0 aromatic carbocycles. The van der Waals surface area contributed by atoms with Crippen LogP contribution in [0.5, 0.6) is 0 Å². The fraction of sp³-hybridized carbons (Fsp3) is 0.968. The van der Waals surface area contributed by atoms with Crippen LogP contribution in [0.3, 0.4) is 0 Å². The summed E-state index contributed by atoms with van der Waals surface area (Å²) >= 11 is 0. The molecule has 5 nitrogen and oxygen atoms in total. The van der Waals surface area contributed by atoms with Crippen LogP contribution in [-0.2, 0) is 4.74 Å². The Morgan fingerprint density at radius 3 is 2.36 bits per heavy atom. The number of alkyl carbamates (subject to hydrolysis) is 1. The zero-order chi connectivity index (χ0) is 25.7. The highest BCUT2D eigenvalue weighted by molar-refractivity contribution is 5.67. The summed E-state index contributed by atoms with van der Waals surface area (Å²) in [6, 6.07) is 0.288. The van der Waals surface area contributed by atoms with Crippen molar-refractivity contribution in [1.82, 2.24) is 5.32 Å². The van der Waals surface area contributed by atoms with E-state index in [0.717, 1.165) is 38.5 Å². The maximum atomic E-state index is 12.5. The summed E-state index contributed by atoms with van der Waals surface area (Å²) < 4.78 is 5.78. The van der Waals surface area contributed by atoms with Crippen LogP contribution in [0.1, 0.15) is 111 Å². The molecule has 0 spiro atoms. The van der Waals surface area contributed by atoms with Gasteiger partial charge in [0.15, 0.2) is 0 Å². The zero-order valence-electron chi connectivity index (χ0n) is 23.4. The first-order valence-electron chi connectivity index (χ1n) is 15.5. The number of amides is 1. The summed E-state index contributed by atoms with van der Waals surface area (Å²) in [6.45, 7) is 10.0. The fourth-order valence-electron chi connectivity index (χ4n) is 10.7. The average molecular weight is 504 g/mol. The minimum absolute atomic E-state index is 0.193. The number of ether oxygens (including phenoxy) is 1. The Bertz CT molecular complexity index is 783. The minimum atomic E-state index is -0.250. The number of fused-ring (bicyclic) bond motifs is 5. The Kier molecular flexibility index (Phi) is 7.73. The maximum Gasteiger partial charge on any atom is 0.407 e. The molecule has 5 fully saturated rings. The van der Waals surface area contributed by atoms with Crippen molar-refractivity contribution < 1.29 is 19.7 Å². The molecule has 0 radical (unpaired) electrons. The standard InChI is InChI=1S/C31H53NO4/c1-5-22-26-17-21(33)13-15-31(26,4)25-14-16-30(3)23(11-12-24(30)27(25)28(22)34)19(2)18-36-29(35)32-20-9-7-6-8-10-20/h19-28,33-34H,5-18H2,1-4H3,(H,32,35)/t19-,21-,22-,23-,24+,25+,26?,27?,28-,30?,31-/m1/s1. The SMILES string of the molecule is CC[C@@H]1C2C[C@H](O)CC[C@]2(C)[C@H]2CCC3(C)[C@@H]([C@H](C)COC(=O)NC4CCCCC4)CC[C@H]3C2[C@@H]1O. The Morgan fingerprint density at radius 1 is 0.944 bits per heavy atom. The van der Waals surface area contributed by atoms with E-state index in [1.165, 1.54) is 44.9 Å². The van der Waals surface area contributed by atoms with Crippen LogP contribution in [0, 0.1) is 52.3 Å². The molecule has 36 heavy (non-hydrogen) atoms. The van der Waals surface area contributed by atoms with Gasteiger partial charge in [0.25, 0.3) is 0 Å².